The van der Waals surface area contributed by atoms with E-state index >= 15 is 0 Å². The highest BCUT2D eigenvalue weighted by Gasteiger charge is 2.14. The number of anilines is 1. The molecule has 0 spiro atoms. The highest BCUT2D eigenvalue weighted by atomic mass is 32.1. The molecule has 0 saturated heterocycles. The standard InChI is InChI=1S/C16H18N4O2S/c1-10-11(2)20(6-7-22-3)14-5-4-12(8-13(10)14)15(21)18-16-19-17-9-23-16/h4-5,8-9H,6-7H2,1-3H3,(H,18,19,21). The number of fused-ring (bicyclic) bond motifs is 1. The van der Waals surface area contributed by atoms with Crippen molar-refractivity contribution in [1.82, 2.24) is 14.8 Å². The van der Waals surface area contributed by atoms with Crippen molar-refractivity contribution in [1.29, 1.82) is 0 Å². The maximum atomic E-state index is 12.3. The number of aromatic nitrogens is 3. The molecule has 0 fully saturated rings. The molecule has 1 aromatic carbocycles. The van der Waals surface area contributed by atoms with Crippen LogP contribution < -0.4 is 5.32 Å². The van der Waals surface area contributed by atoms with Gasteiger partial charge >= 0.3 is 0 Å². The van der Waals surface area contributed by atoms with Crippen molar-refractivity contribution in [3.63, 3.8) is 0 Å². The van der Waals surface area contributed by atoms with Crippen LogP contribution in [0.25, 0.3) is 10.9 Å². The van der Waals surface area contributed by atoms with E-state index in [-0.39, 0.29) is 5.91 Å². The number of hydrogen-bond donors (Lipinski definition) is 1. The minimum Gasteiger partial charge on any atom is -0.383 e. The van der Waals surface area contributed by atoms with Crippen LogP contribution in [0.1, 0.15) is 21.6 Å². The second-order valence-electron chi connectivity index (χ2n) is 5.28. The van der Waals surface area contributed by atoms with Crippen LogP contribution in [-0.4, -0.2) is 34.4 Å². The van der Waals surface area contributed by atoms with E-state index in [0.29, 0.717) is 17.3 Å². The van der Waals surface area contributed by atoms with Crippen molar-refractivity contribution in [2.75, 3.05) is 19.0 Å². The van der Waals surface area contributed by atoms with Gasteiger partial charge in [0.15, 0.2) is 0 Å². The molecule has 0 aliphatic carbocycles. The maximum absolute atomic E-state index is 12.3. The Bertz CT molecular complexity index is 840. The normalized spacial score (nSPS) is 11.1. The van der Waals surface area contributed by atoms with Gasteiger partial charge in [-0.15, -0.1) is 10.2 Å². The summed E-state index contributed by atoms with van der Waals surface area (Å²) in [4.78, 5) is 12.3. The molecule has 0 radical (unpaired) electrons. The van der Waals surface area contributed by atoms with Gasteiger partial charge in [0.05, 0.1) is 6.61 Å². The predicted octanol–water partition coefficient (Wildman–Crippen LogP) is 3.01. The van der Waals surface area contributed by atoms with E-state index in [4.69, 9.17) is 4.74 Å². The average Bonchev–Trinajstić information content (AvgIpc) is 3.14. The summed E-state index contributed by atoms with van der Waals surface area (Å²) < 4.78 is 7.41. The van der Waals surface area contributed by atoms with Gasteiger partial charge in [-0.25, -0.2) is 0 Å². The molecule has 0 atom stereocenters. The van der Waals surface area contributed by atoms with Crippen LogP contribution >= 0.6 is 11.3 Å². The number of rotatable bonds is 5. The van der Waals surface area contributed by atoms with E-state index in [1.165, 1.54) is 22.6 Å². The van der Waals surface area contributed by atoms with Gasteiger partial charge < -0.3 is 9.30 Å². The summed E-state index contributed by atoms with van der Waals surface area (Å²) in [6, 6.07) is 5.75. The van der Waals surface area contributed by atoms with Crippen LogP contribution in [0.3, 0.4) is 0 Å². The van der Waals surface area contributed by atoms with Crippen LogP contribution in [-0.2, 0) is 11.3 Å². The molecule has 1 amide bonds. The second kappa shape index (κ2) is 6.47. The minimum atomic E-state index is -0.176. The van der Waals surface area contributed by atoms with Crippen molar-refractivity contribution < 1.29 is 9.53 Å². The van der Waals surface area contributed by atoms with Crippen LogP contribution in [0.5, 0.6) is 0 Å². The van der Waals surface area contributed by atoms with Gasteiger partial charge in [0.1, 0.15) is 5.51 Å². The largest absolute Gasteiger partial charge is 0.383 e. The van der Waals surface area contributed by atoms with Crippen LogP contribution in [0.2, 0.25) is 0 Å². The van der Waals surface area contributed by atoms with E-state index in [1.54, 1.807) is 12.6 Å². The Hall–Kier alpha value is -2.25. The molecule has 3 aromatic rings. The number of hydrogen-bond acceptors (Lipinski definition) is 5. The maximum Gasteiger partial charge on any atom is 0.257 e. The summed E-state index contributed by atoms with van der Waals surface area (Å²) in [5.41, 5.74) is 5.69. The monoisotopic (exact) mass is 330 g/mol. The van der Waals surface area contributed by atoms with Crippen molar-refractivity contribution in [3.8, 4) is 0 Å². The van der Waals surface area contributed by atoms with Crippen LogP contribution in [0.4, 0.5) is 5.13 Å². The molecule has 2 aromatic heterocycles. The van der Waals surface area contributed by atoms with Crippen LogP contribution in [0, 0.1) is 13.8 Å². The molecule has 0 unspecified atom stereocenters. The third kappa shape index (κ3) is 2.97. The van der Waals surface area contributed by atoms with E-state index in [0.717, 1.165) is 17.4 Å². The van der Waals surface area contributed by atoms with E-state index in [1.807, 2.05) is 18.2 Å². The molecule has 0 saturated carbocycles. The number of nitrogens with zero attached hydrogens (tertiary/aromatic N) is 3. The highest BCUT2D eigenvalue weighted by molar-refractivity contribution is 7.13. The van der Waals surface area contributed by atoms with E-state index < -0.39 is 0 Å². The second-order valence-corrected chi connectivity index (χ2v) is 6.12. The summed E-state index contributed by atoms with van der Waals surface area (Å²) in [7, 11) is 1.70. The molecule has 120 valence electrons. The first-order chi connectivity index (χ1) is 11.1. The Morgan fingerprint density at radius 1 is 1.39 bits per heavy atom. The summed E-state index contributed by atoms with van der Waals surface area (Å²) >= 11 is 1.30. The van der Waals surface area contributed by atoms with Gasteiger partial charge in [-0.2, -0.15) is 0 Å². The van der Waals surface area contributed by atoms with Gasteiger partial charge in [0.2, 0.25) is 5.13 Å². The first-order valence-corrected chi connectivity index (χ1v) is 8.15. The molecule has 3 rings (SSSR count). The number of benzene rings is 1. The van der Waals surface area contributed by atoms with Gasteiger partial charge in [-0.3, -0.25) is 10.1 Å². The predicted molar refractivity (Wildman–Crippen MR) is 91.2 cm³/mol. The lowest BCUT2D eigenvalue weighted by molar-refractivity contribution is 0.102. The quantitative estimate of drug-likeness (QED) is 0.781. The number of methoxy groups -OCH3 is 1. The Morgan fingerprint density at radius 3 is 2.91 bits per heavy atom. The van der Waals surface area contributed by atoms with Crippen LogP contribution in [0.15, 0.2) is 23.7 Å². The smallest absolute Gasteiger partial charge is 0.257 e. The van der Waals surface area contributed by atoms with Gasteiger partial charge in [-0.1, -0.05) is 11.3 Å². The fourth-order valence-corrected chi connectivity index (χ4v) is 3.10. The van der Waals surface area contributed by atoms with Gasteiger partial charge in [-0.05, 0) is 37.6 Å². The van der Waals surface area contributed by atoms with Crippen molar-refractivity contribution in [2.45, 2.75) is 20.4 Å². The number of ether oxygens (including phenoxy) is 1. The molecule has 0 aliphatic heterocycles. The highest BCUT2D eigenvalue weighted by Crippen LogP contribution is 2.26. The lowest BCUT2D eigenvalue weighted by Crippen LogP contribution is -2.11. The third-order valence-corrected chi connectivity index (χ3v) is 4.61. The molecule has 2 heterocycles. The zero-order valence-corrected chi connectivity index (χ0v) is 14.1. The fraction of sp³-hybridized carbons (Fsp3) is 0.312. The molecule has 23 heavy (non-hydrogen) atoms. The Balaban J connectivity index is 1.95. The van der Waals surface area contributed by atoms with Crippen molar-refractivity contribution >= 4 is 33.3 Å². The van der Waals surface area contributed by atoms with E-state index in [9.17, 15) is 4.79 Å². The summed E-state index contributed by atoms with van der Waals surface area (Å²) in [5, 5.41) is 11.9. The summed E-state index contributed by atoms with van der Waals surface area (Å²) in [6.07, 6.45) is 0. The third-order valence-electron chi connectivity index (χ3n) is 4.00. The zero-order valence-electron chi connectivity index (χ0n) is 13.3. The zero-order chi connectivity index (χ0) is 16.4. The number of aryl methyl sites for hydroxylation is 1. The Labute approximate surface area is 138 Å². The number of nitrogens with one attached hydrogen (secondary N) is 1. The summed E-state index contributed by atoms with van der Waals surface area (Å²) in [6.45, 7) is 5.62. The first kappa shape index (κ1) is 15.6. The molecule has 6 nitrogen and oxygen atoms in total. The molecule has 0 aliphatic rings. The lowest BCUT2D eigenvalue weighted by Gasteiger charge is -2.08. The number of amides is 1. The summed E-state index contributed by atoms with van der Waals surface area (Å²) in [5.74, 6) is -0.176. The molecule has 0 bridgehead atoms. The number of carbonyl (C=O) groups excluding carboxylic acids is 1. The number of carbonyl (C=O) groups is 1. The molecule has 1 N–H and O–H groups in total. The molecule has 7 heteroatoms. The van der Waals surface area contributed by atoms with Crippen molar-refractivity contribution in [2.24, 2.45) is 0 Å². The SMILES string of the molecule is COCCn1c(C)c(C)c2cc(C(=O)Nc3nncs3)ccc21. The average molecular weight is 330 g/mol. The minimum absolute atomic E-state index is 0.176. The van der Waals surface area contributed by atoms with Crippen molar-refractivity contribution in [3.05, 3.63) is 40.5 Å². The Morgan fingerprint density at radius 2 is 2.22 bits per heavy atom. The lowest BCUT2D eigenvalue weighted by atomic mass is 10.1. The topological polar surface area (TPSA) is 69.0 Å². The van der Waals surface area contributed by atoms with Gasteiger partial charge in [0.25, 0.3) is 5.91 Å². The molecular weight excluding hydrogens is 312 g/mol. The Kier molecular flexibility index (Phi) is 4.40. The van der Waals surface area contributed by atoms with E-state index in [2.05, 4.69) is 33.9 Å². The fourth-order valence-electron chi connectivity index (χ4n) is 2.66. The first-order valence-electron chi connectivity index (χ1n) is 7.27. The van der Waals surface area contributed by atoms with Gasteiger partial charge in [0, 0.05) is 35.8 Å². The molecular formula is C16H18N4O2S.